The van der Waals surface area contributed by atoms with E-state index >= 15 is 0 Å². The molecule has 1 aromatic heterocycles. The average Bonchev–Trinajstić information content (AvgIpc) is 3.18. The van der Waals surface area contributed by atoms with Crippen molar-refractivity contribution in [1.82, 2.24) is 15.5 Å². The second-order valence-corrected chi connectivity index (χ2v) is 6.46. The van der Waals surface area contributed by atoms with Crippen LogP contribution in [0.25, 0.3) is 11.3 Å². The van der Waals surface area contributed by atoms with Gasteiger partial charge < -0.3 is 15.2 Å². The van der Waals surface area contributed by atoms with Crippen LogP contribution in [0.3, 0.4) is 0 Å². The largest absolute Gasteiger partial charge is 0.495 e. The molecule has 3 N–H and O–H groups in total. The van der Waals surface area contributed by atoms with Gasteiger partial charge in [-0.3, -0.25) is 9.89 Å². The molecule has 3 aromatic rings. The first-order valence-electron chi connectivity index (χ1n) is 8.45. The fourth-order valence-electron chi connectivity index (χ4n) is 2.82. The number of halogens is 1. The molecule has 1 amide bonds. The summed E-state index contributed by atoms with van der Waals surface area (Å²) in [6.45, 7) is -0.165. The van der Waals surface area contributed by atoms with Crippen molar-refractivity contribution in [2.24, 2.45) is 0 Å². The summed E-state index contributed by atoms with van der Waals surface area (Å²) in [5, 5.41) is 19.8. The van der Waals surface area contributed by atoms with Gasteiger partial charge in [0.2, 0.25) is 0 Å². The SMILES string of the molecule is COc1ccc(-c2[nH]ncc2C(=O)N[C@H](CO)Cc2ccccc2)cc1Cl. The van der Waals surface area contributed by atoms with E-state index in [1.807, 2.05) is 30.3 Å². The zero-order valence-corrected chi connectivity index (χ0v) is 15.5. The van der Waals surface area contributed by atoms with Crippen LogP contribution in [0.4, 0.5) is 0 Å². The Bertz CT molecular complexity index is 912. The van der Waals surface area contributed by atoms with Crippen molar-refractivity contribution in [3.8, 4) is 17.0 Å². The van der Waals surface area contributed by atoms with Gasteiger partial charge in [-0.05, 0) is 30.2 Å². The Hall–Kier alpha value is -2.83. The number of aromatic amines is 1. The number of methoxy groups -OCH3 is 1. The van der Waals surface area contributed by atoms with Crippen molar-refractivity contribution in [2.75, 3.05) is 13.7 Å². The van der Waals surface area contributed by atoms with Gasteiger partial charge in [0.15, 0.2) is 0 Å². The lowest BCUT2D eigenvalue weighted by atomic mass is 10.0. The van der Waals surface area contributed by atoms with Crippen LogP contribution >= 0.6 is 11.6 Å². The van der Waals surface area contributed by atoms with Crippen LogP contribution in [-0.2, 0) is 6.42 Å². The van der Waals surface area contributed by atoms with E-state index in [1.54, 1.807) is 18.2 Å². The Morgan fingerprint density at radius 1 is 1.30 bits per heavy atom. The third kappa shape index (κ3) is 4.48. The third-order valence-corrected chi connectivity index (χ3v) is 4.50. The maximum absolute atomic E-state index is 12.7. The van der Waals surface area contributed by atoms with Crippen molar-refractivity contribution in [1.29, 1.82) is 0 Å². The Morgan fingerprint density at radius 3 is 2.74 bits per heavy atom. The Kier molecular flexibility index (Phi) is 6.11. The normalized spacial score (nSPS) is 11.8. The summed E-state index contributed by atoms with van der Waals surface area (Å²) in [6, 6.07) is 14.5. The van der Waals surface area contributed by atoms with E-state index in [1.165, 1.54) is 13.3 Å². The summed E-state index contributed by atoms with van der Waals surface area (Å²) in [6.07, 6.45) is 1.99. The number of aliphatic hydroxyl groups is 1. The molecule has 6 nitrogen and oxygen atoms in total. The molecular weight excluding hydrogens is 366 g/mol. The molecule has 0 saturated heterocycles. The molecule has 0 spiro atoms. The smallest absolute Gasteiger partial charge is 0.255 e. The topological polar surface area (TPSA) is 87.2 Å². The fourth-order valence-corrected chi connectivity index (χ4v) is 3.08. The lowest BCUT2D eigenvalue weighted by Gasteiger charge is -2.16. The molecule has 0 radical (unpaired) electrons. The lowest BCUT2D eigenvalue weighted by Crippen LogP contribution is -2.39. The Balaban J connectivity index is 1.78. The molecule has 1 heterocycles. The predicted octanol–water partition coefficient (Wildman–Crippen LogP) is 3.07. The summed E-state index contributed by atoms with van der Waals surface area (Å²) < 4.78 is 5.15. The lowest BCUT2D eigenvalue weighted by molar-refractivity contribution is 0.0917. The van der Waals surface area contributed by atoms with E-state index < -0.39 is 6.04 Å². The quantitative estimate of drug-likeness (QED) is 0.583. The second kappa shape index (κ2) is 8.70. The van der Waals surface area contributed by atoms with Crippen LogP contribution in [0.5, 0.6) is 5.75 Å². The van der Waals surface area contributed by atoms with E-state index in [9.17, 15) is 9.90 Å². The van der Waals surface area contributed by atoms with E-state index in [-0.39, 0.29) is 12.5 Å². The van der Waals surface area contributed by atoms with Crippen LogP contribution in [0.2, 0.25) is 5.02 Å². The van der Waals surface area contributed by atoms with E-state index in [0.29, 0.717) is 34.0 Å². The molecule has 7 heteroatoms. The Labute approximate surface area is 162 Å². The van der Waals surface area contributed by atoms with Crippen molar-refractivity contribution in [3.05, 3.63) is 70.9 Å². The minimum atomic E-state index is -0.401. The summed E-state index contributed by atoms with van der Waals surface area (Å²) in [4.78, 5) is 12.7. The van der Waals surface area contributed by atoms with Gasteiger partial charge in [-0.15, -0.1) is 0 Å². The molecule has 0 bridgehead atoms. The van der Waals surface area contributed by atoms with Crippen molar-refractivity contribution >= 4 is 17.5 Å². The monoisotopic (exact) mass is 385 g/mol. The van der Waals surface area contributed by atoms with Gasteiger partial charge in [-0.1, -0.05) is 41.9 Å². The molecule has 0 saturated carbocycles. The van der Waals surface area contributed by atoms with Crippen molar-refractivity contribution in [2.45, 2.75) is 12.5 Å². The number of aliphatic hydroxyl groups excluding tert-OH is 1. The number of amides is 1. The average molecular weight is 386 g/mol. The predicted molar refractivity (Wildman–Crippen MR) is 104 cm³/mol. The van der Waals surface area contributed by atoms with Crippen LogP contribution in [-0.4, -0.2) is 41.0 Å². The van der Waals surface area contributed by atoms with Gasteiger partial charge in [0, 0.05) is 5.56 Å². The van der Waals surface area contributed by atoms with Crippen LogP contribution in [0.1, 0.15) is 15.9 Å². The van der Waals surface area contributed by atoms with Crippen molar-refractivity contribution < 1.29 is 14.6 Å². The molecule has 2 aromatic carbocycles. The van der Waals surface area contributed by atoms with Gasteiger partial charge >= 0.3 is 0 Å². The molecule has 27 heavy (non-hydrogen) atoms. The maximum atomic E-state index is 12.7. The minimum Gasteiger partial charge on any atom is -0.495 e. The molecule has 140 valence electrons. The molecular formula is C20H20ClN3O3. The first-order valence-corrected chi connectivity index (χ1v) is 8.83. The molecule has 0 aliphatic rings. The van der Waals surface area contributed by atoms with Gasteiger partial charge in [0.05, 0.1) is 42.2 Å². The molecule has 3 rings (SSSR count). The molecule has 0 aliphatic carbocycles. The minimum absolute atomic E-state index is 0.165. The van der Waals surface area contributed by atoms with Crippen LogP contribution < -0.4 is 10.1 Å². The van der Waals surface area contributed by atoms with Gasteiger partial charge in [0.25, 0.3) is 5.91 Å². The highest BCUT2D eigenvalue weighted by atomic mass is 35.5. The number of carbonyl (C=O) groups excluding carboxylic acids is 1. The standard InChI is InChI=1S/C20H20ClN3O3/c1-27-18-8-7-14(10-17(18)21)19-16(11-22-24-19)20(26)23-15(12-25)9-13-5-3-2-4-6-13/h2-8,10-11,15,25H,9,12H2,1H3,(H,22,24)(H,23,26)/t15-/m0/s1. The summed E-state index contributed by atoms with van der Waals surface area (Å²) in [5.41, 5.74) is 2.68. The first kappa shape index (κ1) is 18.9. The zero-order chi connectivity index (χ0) is 19.2. The van der Waals surface area contributed by atoms with Gasteiger partial charge in [-0.2, -0.15) is 5.10 Å². The third-order valence-electron chi connectivity index (χ3n) is 4.20. The number of hydrogen-bond acceptors (Lipinski definition) is 4. The highest BCUT2D eigenvalue weighted by Crippen LogP contribution is 2.30. The number of benzene rings is 2. The molecule has 0 aliphatic heterocycles. The second-order valence-electron chi connectivity index (χ2n) is 6.05. The Morgan fingerprint density at radius 2 is 2.07 bits per heavy atom. The fraction of sp³-hybridized carbons (Fsp3) is 0.200. The zero-order valence-electron chi connectivity index (χ0n) is 14.8. The first-order chi connectivity index (χ1) is 13.1. The number of nitrogens with zero attached hydrogens (tertiary/aromatic N) is 1. The summed E-state index contributed by atoms with van der Waals surface area (Å²) >= 11 is 6.18. The van der Waals surface area contributed by atoms with Crippen LogP contribution in [0, 0.1) is 0 Å². The number of hydrogen-bond donors (Lipinski definition) is 3. The summed E-state index contributed by atoms with van der Waals surface area (Å²) in [7, 11) is 1.54. The van der Waals surface area contributed by atoms with E-state index in [4.69, 9.17) is 16.3 Å². The van der Waals surface area contributed by atoms with Gasteiger partial charge in [0.1, 0.15) is 5.75 Å². The molecule has 0 fully saturated rings. The number of aromatic nitrogens is 2. The van der Waals surface area contributed by atoms with Gasteiger partial charge in [-0.25, -0.2) is 0 Å². The highest BCUT2D eigenvalue weighted by molar-refractivity contribution is 6.32. The van der Waals surface area contributed by atoms with E-state index in [2.05, 4.69) is 15.5 Å². The number of ether oxygens (including phenoxy) is 1. The number of H-pyrrole nitrogens is 1. The van der Waals surface area contributed by atoms with E-state index in [0.717, 1.165) is 5.56 Å². The number of nitrogens with one attached hydrogen (secondary N) is 2. The molecule has 0 unspecified atom stereocenters. The highest BCUT2D eigenvalue weighted by Gasteiger charge is 2.19. The maximum Gasteiger partial charge on any atom is 0.255 e. The summed E-state index contributed by atoms with van der Waals surface area (Å²) in [5.74, 6) is 0.231. The number of rotatable bonds is 7. The van der Waals surface area contributed by atoms with Crippen molar-refractivity contribution in [3.63, 3.8) is 0 Å². The molecule has 1 atom stereocenters. The number of carbonyl (C=O) groups is 1. The van der Waals surface area contributed by atoms with Crippen LogP contribution in [0.15, 0.2) is 54.7 Å².